The van der Waals surface area contributed by atoms with Crippen LogP contribution in [-0.2, 0) is 0 Å². The van der Waals surface area contributed by atoms with E-state index in [0.717, 1.165) is 0 Å². The lowest BCUT2D eigenvalue weighted by Gasteiger charge is -1.99. The first-order valence-electron chi connectivity index (χ1n) is 4.64. The highest BCUT2D eigenvalue weighted by Crippen LogP contribution is 2.09. The van der Waals surface area contributed by atoms with Gasteiger partial charge in [-0.25, -0.2) is 9.48 Å². The Kier molecular flexibility index (Phi) is 2.57. The van der Waals surface area contributed by atoms with Gasteiger partial charge in [0.1, 0.15) is 0 Å². The van der Waals surface area contributed by atoms with Crippen molar-refractivity contribution in [3.63, 3.8) is 0 Å². The van der Waals surface area contributed by atoms with Gasteiger partial charge in [0.25, 0.3) is 5.91 Å². The Bertz CT molecular complexity index is 573. The molecule has 0 saturated heterocycles. The fraction of sp³-hybridized carbons (Fsp3) is 0. The highest BCUT2D eigenvalue weighted by molar-refractivity contribution is 5.90. The molecule has 17 heavy (non-hydrogen) atoms. The highest BCUT2D eigenvalue weighted by Gasteiger charge is 2.08. The van der Waals surface area contributed by atoms with Crippen LogP contribution < -0.4 is 5.73 Å². The van der Waals surface area contributed by atoms with Crippen molar-refractivity contribution in [1.82, 2.24) is 15.0 Å². The maximum atomic E-state index is 10.8. The number of primary amides is 1. The minimum absolute atomic E-state index is 0.0484. The lowest BCUT2D eigenvalue weighted by atomic mass is 10.2. The fourth-order valence-corrected chi connectivity index (χ4v) is 1.26. The molecule has 1 amide bonds. The van der Waals surface area contributed by atoms with Crippen molar-refractivity contribution >= 4 is 11.9 Å². The van der Waals surface area contributed by atoms with Gasteiger partial charge in [0, 0.05) is 0 Å². The molecule has 1 aromatic carbocycles. The molecule has 86 valence electrons. The Hall–Kier alpha value is -2.70. The molecule has 1 heterocycles. The first-order chi connectivity index (χ1) is 8.08. The van der Waals surface area contributed by atoms with Gasteiger partial charge in [0.05, 0.1) is 17.4 Å². The van der Waals surface area contributed by atoms with Crippen LogP contribution in [0.15, 0.2) is 30.5 Å². The van der Waals surface area contributed by atoms with Gasteiger partial charge in [-0.3, -0.25) is 4.79 Å². The minimum Gasteiger partial charge on any atom is -0.478 e. The summed E-state index contributed by atoms with van der Waals surface area (Å²) >= 11 is 0. The van der Waals surface area contributed by atoms with E-state index in [4.69, 9.17) is 10.8 Å². The van der Waals surface area contributed by atoms with Crippen LogP contribution >= 0.6 is 0 Å². The summed E-state index contributed by atoms with van der Waals surface area (Å²) in [7, 11) is 0. The average Bonchev–Trinajstić information content (AvgIpc) is 2.78. The Labute approximate surface area is 95.5 Å². The number of hydrogen-bond donors (Lipinski definition) is 2. The maximum Gasteiger partial charge on any atom is 0.335 e. The van der Waals surface area contributed by atoms with Crippen LogP contribution in [0, 0.1) is 0 Å². The van der Waals surface area contributed by atoms with Gasteiger partial charge < -0.3 is 10.8 Å². The number of nitrogens with zero attached hydrogens (tertiary/aromatic N) is 3. The topological polar surface area (TPSA) is 111 Å². The van der Waals surface area contributed by atoms with Crippen molar-refractivity contribution in [2.75, 3.05) is 0 Å². The van der Waals surface area contributed by atoms with Crippen LogP contribution in [0.25, 0.3) is 5.69 Å². The van der Waals surface area contributed by atoms with Crippen LogP contribution in [0.1, 0.15) is 20.8 Å². The summed E-state index contributed by atoms with van der Waals surface area (Å²) in [6.07, 6.45) is 1.37. The summed E-state index contributed by atoms with van der Waals surface area (Å²) < 4.78 is 1.34. The highest BCUT2D eigenvalue weighted by atomic mass is 16.4. The molecule has 0 aliphatic rings. The van der Waals surface area contributed by atoms with E-state index >= 15 is 0 Å². The van der Waals surface area contributed by atoms with Crippen LogP contribution in [0.4, 0.5) is 0 Å². The molecule has 0 radical (unpaired) electrons. The lowest BCUT2D eigenvalue weighted by Crippen LogP contribution is -2.11. The number of benzene rings is 1. The zero-order valence-corrected chi connectivity index (χ0v) is 8.57. The van der Waals surface area contributed by atoms with E-state index in [0.29, 0.717) is 5.69 Å². The first-order valence-corrected chi connectivity index (χ1v) is 4.64. The zero-order valence-electron chi connectivity index (χ0n) is 8.57. The lowest BCUT2D eigenvalue weighted by molar-refractivity contribution is 0.0696. The summed E-state index contributed by atoms with van der Waals surface area (Å²) in [5, 5.41) is 16.0. The Morgan fingerprint density at radius 3 is 2.35 bits per heavy atom. The average molecular weight is 232 g/mol. The molecule has 2 aromatic rings. The Morgan fingerprint density at radius 2 is 1.88 bits per heavy atom. The van der Waals surface area contributed by atoms with Gasteiger partial charge >= 0.3 is 5.97 Å². The van der Waals surface area contributed by atoms with E-state index in [1.807, 2.05) is 0 Å². The second-order valence-corrected chi connectivity index (χ2v) is 3.26. The minimum atomic E-state index is -1.01. The molecular weight excluding hydrogens is 224 g/mol. The van der Waals surface area contributed by atoms with E-state index in [9.17, 15) is 9.59 Å². The molecule has 0 fully saturated rings. The van der Waals surface area contributed by atoms with Crippen molar-refractivity contribution in [2.24, 2.45) is 5.73 Å². The van der Waals surface area contributed by atoms with Crippen molar-refractivity contribution in [3.8, 4) is 5.69 Å². The van der Waals surface area contributed by atoms with Crippen molar-refractivity contribution in [1.29, 1.82) is 0 Å². The quantitative estimate of drug-likeness (QED) is 0.777. The van der Waals surface area contributed by atoms with Crippen LogP contribution in [0.5, 0.6) is 0 Å². The van der Waals surface area contributed by atoms with Crippen molar-refractivity contribution < 1.29 is 14.7 Å². The smallest absolute Gasteiger partial charge is 0.335 e. The van der Waals surface area contributed by atoms with Crippen LogP contribution in [-0.4, -0.2) is 32.0 Å². The Morgan fingerprint density at radius 1 is 1.24 bits per heavy atom. The SMILES string of the molecule is NC(=O)c1cn(-c2ccc(C(=O)O)cc2)nn1. The monoisotopic (exact) mass is 232 g/mol. The number of hydrogen-bond acceptors (Lipinski definition) is 4. The standard InChI is InChI=1S/C10H8N4O3/c11-9(15)8-5-14(13-12-8)7-3-1-6(2-4-7)10(16)17/h1-5H,(H2,11,15)(H,16,17). The molecule has 3 N–H and O–H groups in total. The predicted octanol–water partition coefficient (Wildman–Crippen LogP) is 0.0644. The summed E-state index contributed by atoms with van der Waals surface area (Å²) in [5.41, 5.74) is 5.85. The van der Waals surface area contributed by atoms with E-state index in [1.165, 1.54) is 23.0 Å². The van der Waals surface area contributed by atoms with Crippen molar-refractivity contribution in [3.05, 3.63) is 41.7 Å². The third-order valence-electron chi connectivity index (χ3n) is 2.12. The molecule has 7 heteroatoms. The Balaban J connectivity index is 2.33. The van der Waals surface area contributed by atoms with Gasteiger partial charge in [-0.1, -0.05) is 5.21 Å². The number of carbonyl (C=O) groups is 2. The molecule has 7 nitrogen and oxygen atoms in total. The third kappa shape index (κ3) is 2.12. The van der Waals surface area contributed by atoms with Crippen LogP contribution in [0.2, 0.25) is 0 Å². The number of aromatic nitrogens is 3. The van der Waals surface area contributed by atoms with E-state index in [2.05, 4.69) is 10.3 Å². The molecule has 0 unspecified atom stereocenters. The molecule has 1 aromatic heterocycles. The van der Waals surface area contributed by atoms with Crippen molar-refractivity contribution in [2.45, 2.75) is 0 Å². The first kappa shape index (κ1) is 10.8. The molecule has 0 aliphatic heterocycles. The van der Waals surface area contributed by atoms with E-state index in [-0.39, 0.29) is 11.3 Å². The molecule has 0 saturated carbocycles. The maximum absolute atomic E-state index is 10.8. The molecule has 0 aliphatic carbocycles. The summed E-state index contributed by atoms with van der Waals surface area (Å²) in [6.45, 7) is 0. The molecule has 0 bridgehead atoms. The number of amides is 1. The fourth-order valence-electron chi connectivity index (χ4n) is 1.26. The van der Waals surface area contributed by atoms with Gasteiger partial charge in [-0.2, -0.15) is 0 Å². The van der Waals surface area contributed by atoms with Gasteiger partial charge in [0.2, 0.25) is 0 Å². The number of carboxylic acids is 1. The molecule has 2 rings (SSSR count). The largest absolute Gasteiger partial charge is 0.478 e. The molecule has 0 spiro atoms. The van der Waals surface area contributed by atoms with E-state index in [1.54, 1.807) is 12.1 Å². The third-order valence-corrected chi connectivity index (χ3v) is 2.12. The number of carboxylic acid groups (broad SMARTS) is 1. The predicted molar refractivity (Wildman–Crippen MR) is 56.8 cm³/mol. The second-order valence-electron chi connectivity index (χ2n) is 3.26. The second kappa shape index (κ2) is 4.05. The number of rotatable bonds is 3. The molecule has 0 atom stereocenters. The molecular formula is C10H8N4O3. The van der Waals surface area contributed by atoms with Crippen LogP contribution in [0.3, 0.4) is 0 Å². The summed E-state index contributed by atoms with van der Waals surface area (Å²) in [6, 6.07) is 5.98. The number of nitrogens with two attached hydrogens (primary N) is 1. The zero-order chi connectivity index (χ0) is 12.4. The normalized spacial score (nSPS) is 10.1. The summed E-state index contributed by atoms with van der Waals surface area (Å²) in [4.78, 5) is 21.5. The number of carbonyl (C=O) groups excluding carboxylic acids is 1. The van der Waals surface area contributed by atoms with E-state index < -0.39 is 11.9 Å². The van der Waals surface area contributed by atoms with Gasteiger partial charge in [-0.05, 0) is 24.3 Å². The van der Waals surface area contributed by atoms with Gasteiger partial charge in [0.15, 0.2) is 5.69 Å². The van der Waals surface area contributed by atoms with Gasteiger partial charge in [-0.15, -0.1) is 5.10 Å². The number of aromatic carboxylic acids is 1. The summed E-state index contributed by atoms with van der Waals surface area (Å²) in [5.74, 6) is -1.67.